The van der Waals surface area contributed by atoms with E-state index in [0.29, 0.717) is 6.04 Å². The van der Waals surface area contributed by atoms with Crippen molar-refractivity contribution in [1.29, 1.82) is 0 Å². The highest BCUT2D eigenvalue weighted by molar-refractivity contribution is 5.80. The Hall–Kier alpha value is -2.50. The van der Waals surface area contributed by atoms with Crippen molar-refractivity contribution in [3.63, 3.8) is 0 Å². The van der Waals surface area contributed by atoms with Crippen molar-refractivity contribution >= 4 is 11.6 Å². The van der Waals surface area contributed by atoms with E-state index in [9.17, 15) is 0 Å². The summed E-state index contributed by atoms with van der Waals surface area (Å²) in [5.74, 6) is 0.887. The van der Waals surface area contributed by atoms with Gasteiger partial charge in [0.1, 0.15) is 0 Å². The first-order chi connectivity index (χ1) is 13.2. The molecule has 1 saturated heterocycles. The number of aryl methyl sites for hydroxylation is 2. The molecule has 1 atom stereocenters. The summed E-state index contributed by atoms with van der Waals surface area (Å²) in [5.41, 5.74) is 3.94. The van der Waals surface area contributed by atoms with Crippen LogP contribution in [0.25, 0.3) is 0 Å². The van der Waals surface area contributed by atoms with Crippen LogP contribution in [0.4, 0.5) is 5.69 Å². The largest absolute Gasteiger partial charge is 0.367 e. The van der Waals surface area contributed by atoms with E-state index < -0.39 is 0 Å². The number of piperidine rings is 1. The van der Waals surface area contributed by atoms with Crippen molar-refractivity contribution in [2.75, 3.05) is 31.6 Å². The van der Waals surface area contributed by atoms with Crippen LogP contribution in [0.5, 0.6) is 0 Å². The summed E-state index contributed by atoms with van der Waals surface area (Å²) in [6.45, 7) is 5.13. The molecule has 0 aliphatic carbocycles. The van der Waals surface area contributed by atoms with Crippen LogP contribution in [0, 0.1) is 0 Å². The minimum atomic E-state index is 0.397. The van der Waals surface area contributed by atoms with Gasteiger partial charge in [0.15, 0.2) is 5.96 Å². The van der Waals surface area contributed by atoms with Crippen LogP contribution in [0.3, 0.4) is 0 Å². The molecule has 2 aromatic rings. The summed E-state index contributed by atoms with van der Waals surface area (Å²) >= 11 is 0. The number of benzene rings is 1. The lowest BCUT2D eigenvalue weighted by atomic mass is 10.1. The maximum Gasteiger partial charge on any atom is 0.191 e. The average molecular weight is 369 g/mol. The number of guanidine groups is 1. The van der Waals surface area contributed by atoms with E-state index in [1.165, 1.54) is 23.2 Å². The van der Waals surface area contributed by atoms with Crippen LogP contribution in [-0.4, -0.2) is 48.5 Å². The number of rotatable bonds is 6. The summed E-state index contributed by atoms with van der Waals surface area (Å²) in [7, 11) is 3.80. The SMILES string of the molecule is CCc1ccc(CCNC(=NC)NC2CCCN(c3cnn(C)c3)C2)cc1. The predicted octanol–water partition coefficient (Wildman–Crippen LogP) is 2.36. The maximum atomic E-state index is 4.40. The monoisotopic (exact) mass is 368 g/mol. The third kappa shape index (κ3) is 5.49. The fourth-order valence-electron chi connectivity index (χ4n) is 3.56. The van der Waals surface area contributed by atoms with E-state index in [4.69, 9.17) is 0 Å². The van der Waals surface area contributed by atoms with Crippen molar-refractivity contribution in [3.8, 4) is 0 Å². The Morgan fingerprint density at radius 3 is 2.70 bits per heavy atom. The molecule has 1 aromatic carbocycles. The molecule has 1 unspecified atom stereocenters. The number of hydrogen-bond acceptors (Lipinski definition) is 3. The van der Waals surface area contributed by atoms with Crippen molar-refractivity contribution in [2.45, 2.75) is 38.6 Å². The normalized spacial score (nSPS) is 17.8. The molecule has 1 aliphatic heterocycles. The summed E-state index contributed by atoms with van der Waals surface area (Å²) in [5, 5.41) is 11.3. The lowest BCUT2D eigenvalue weighted by molar-refractivity contribution is 0.468. The molecule has 2 heterocycles. The molecular formula is C21H32N6. The number of nitrogens with zero attached hydrogens (tertiary/aromatic N) is 4. The fraction of sp³-hybridized carbons (Fsp3) is 0.524. The zero-order valence-corrected chi connectivity index (χ0v) is 16.8. The molecule has 0 spiro atoms. The number of anilines is 1. The second-order valence-electron chi connectivity index (χ2n) is 7.22. The van der Waals surface area contributed by atoms with Gasteiger partial charge >= 0.3 is 0 Å². The van der Waals surface area contributed by atoms with Gasteiger partial charge in [0.2, 0.25) is 0 Å². The number of aromatic nitrogens is 2. The summed E-state index contributed by atoms with van der Waals surface area (Å²) in [6, 6.07) is 9.29. The van der Waals surface area contributed by atoms with Gasteiger partial charge in [-0.25, -0.2) is 0 Å². The Balaban J connectivity index is 1.46. The quantitative estimate of drug-likeness (QED) is 0.607. The molecule has 6 heteroatoms. The van der Waals surface area contributed by atoms with Crippen LogP contribution in [0.1, 0.15) is 30.9 Å². The molecule has 146 valence electrons. The van der Waals surface area contributed by atoms with Crippen LogP contribution >= 0.6 is 0 Å². The Morgan fingerprint density at radius 1 is 1.26 bits per heavy atom. The maximum absolute atomic E-state index is 4.40. The molecule has 3 rings (SSSR count). The van der Waals surface area contributed by atoms with Crippen molar-refractivity contribution in [3.05, 3.63) is 47.8 Å². The second-order valence-corrected chi connectivity index (χ2v) is 7.22. The highest BCUT2D eigenvalue weighted by atomic mass is 15.3. The average Bonchev–Trinajstić information content (AvgIpc) is 3.14. The molecular weight excluding hydrogens is 336 g/mol. The van der Waals surface area contributed by atoms with Crippen LogP contribution in [0.2, 0.25) is 0 Å². The Kier molecular flexibility index (Phi) is 6.74. The lowest BCUT2D eigenvalue weighted by Crippen LogP contribution is -2.51. The molecule has 27 heavy (non-hydrogen) atoms. The molecule has 6 nitrogen and oxygen atoms in total. The number of aliphatic imine (C=N–C) groups is 1. The van der Waals surface area contributed by atoms with Gasteiger partial charge in [-0.3, -0.25) is 9.67 Å². The van der Waals surface area contributed by atoms with Gasteiger partial charge in [-0.05, 0) is 36.8 Å². The van der Waals surface area contributed by atoms with Crippen LogP contribution in [-0.2, 0) is 19.9 Å². The molecule has 1 fully saturated rings. The van der Waals surface area contributed by atoms with Gasteiger partial charge in [-0.15, -0.1) is 0 Å². The Labute approximate surface area is 162 Å². The van der Waals surface area contributed by atoms with Crippen molar-refractivity contribution < 1.29 is 0 Å². The first-order valence-electron chi connectivity index (χ1n) is 9.96. The van der Waals surface area contributed by atoms with Crippen LogP contribution < -0.4 is 15.5 Å². The zero-order chi connectivity index (χ0) is 19.1. The fourth-order valence-corrected chi connectivity index (χ4v) is 3.56. The lowest BCUT2D eigenvalue weighted by Gasteiger charge is -2.34. The summed E-state index contributed by atoms with van der Waals surface area (Å²) in [4.78, 5) is 6.80. The third-order valence-corrected chi connectivity index (χ3v) is 5.18. The number of hydrogen-bond donors (Lipinski definition) is 2. The summed E-state index contributed by atoms with van der Waals surface area (Å²) in [6.07, 6.45) is 8.45. The molecule has 2 N–H and O–H groups in total. The van der Waals surface area contributed by atoms with Gasteiger partial charge in [-0.1, -0.05) is 31.2 Å². The summed E-state index contributed by atoms with van der Waals surface area (Å²) < 4.78 is 1.86. The van der Waals surface area contributed by atoms with E-state index in [0.717, 1.165) is 44.9 Å². The van der Waals surface area contributed by atoms with Crippen molar-refractivity contribution in [1.82, 2.24) is 20.4 Å². The van der Waals surface area contributed by atoms with E-state index in [1.54, 1.807) is 0 Å². The van der Waals surface area contributed by atoms with Gasteiger partial charge in [-0.2, -0.15) is 5.10 Å². The highest BCUT2D eigenvalue weighted by Gasteiger charge is 2.21. The molecule has 0 bridgehead atoms. The smallest absolute Gasteiger partial charge is 0.191 e. The highest BCUT2D eigenvalue weighted by Crippen LogP contribution is 2.18. The third-order valence-electron chi connectivity index (χ3n) is 5.18. The van der Waals surface area contributed by atoms with E-state index in [-0.39, 0.29) is 0 Å². The molecule has 1 aromatic heterocycles. The minimum absolute atomic E-state index is 0.397. The predicted molar refractivity (Wildman–Crippen MR) is 112 cm³/mol. The van der Waals surface area contributed by atoms with Crippen LogP contribution in [0.15, 0.2) is 41.7 Å². The first-order valence-corrected chi connectivity index (χ1v) is 9.96. The van der Waals surface area contributed by atoms with E-state index >= 15 is 0 Å². The van der Waals surface area contributed by atoms with Crippen molar-refractivity contribution in [2.24, 2.45) is 12.0 Å². The van der Waals surface area contributed by atoms with E-state index in [2.05, 4.69) is 63.0 Å². The number of nitrogens with one attached hydrogen (secondary N) is 2. The topological polar surface area (TPSA) is 57.5 Å². The zero-order valence-electron chi connectivity index (χ0n) is 16.8. The van der Waals surface area contributed by atoms with E-state index in [1.807, 2.05) is 25.0 Å². The van der Waals surface area contributed by atoms with Gasteiger partial charge in [0.05, 0.1) is 11.9 Å². The molecule has 0 saturated carbocycles. The minimum Gasteiger partial charge on any atom is -0.367 e. The molecule has 0 radical (unpaired) electrons. The first kappa shape index (κ1) is 19.3. The Morgan fingerprint density at radius 2 is 2.04 bits per heavy atom. The van der Waals surface area contributed by atoms with Gasteiger partial charge in [0.25, 0.3) is 0 Å². The molecule has 1 aliphatic rings. The van der Waals surface area contributed by atoms with Gasteiger partial charge in [0, 0.05) is 46.0 Å². The van der Waals surface area contributed by atoms with Gasteiger partial charge < -0.3 is 15.5 Å². The Bertz CT molecular complexity index is 733. The second kappa shape index (κ2) is 9.44. The molecule has 0 amide bonds. The standard InChI is InChI=1S/C21H32N6/c1-4-17-7-9-18(10-8-17)11-12-23-21(22-2)25-19-6-5-13-27(15-19)20-14-24-26(3)16-20/h7-10,14,16,19H,4-6,11-13,15H2,1-3H3,(H2,22,23,25).